The summed E-state index contributed by atoms with van der Waals surface area (Å²) in [6.45, 7) is 14.5. The van der Waals surface area contributed by atoms with Crippen LogP contribution in [0.3, 0.4) is 0 Å². The number of hydrogen-bond donors (Lipinski definition) is 1. The number of carboxylic acid groups (broad SMARTS) is 1. The standard InChI is InChI=1S/C20H41N3O3/c1-19(2,3)18(26)23(15-14-22(9)20(4,5)6)13-11-10-12-16(17(24)25)21(7)8/h16H,10-15H2,1-9H3,(H,24,25)/t16-/m0/s1. The van der Waals surface area contributed by atoms with E-state index in [0.29, 0.717) is 19.5 Å². The zero-order valence-electron chi connectivity index (χ0n) is 18.4. The van der Waals surface area contributed by atoms with Gasteiger partial charge in [0.15, 0.2) is 0 Å². The van der Waals surface area contributed by atoms with Crippen LogP contribution in [0.4, 0.5) is 0 Å². The molecule has 6 heteroatoms. The molecule has 26 heavy (non-hydrogen) atoms. The van der Waals surface area contributed by atoms with Gasteiger partial charge in [0.05, 0.1) is 0 Å². The summed E-state index contributed by atoms with van der Waals surface area (Å²) >= 11 is 0. The Balaban J connectivity index is 4.73. The van der Waals surface area contributed by atoms with E-state index in [1.807, 2.05) is 25.7 Å². The Morgan fingerprint density at radius 2 is 1.42 bits per heavy atom. The lowest BCUT2D eigenvalue weighted by molar-refractivity contribution is -0.143. The number of likely N-dealkylation sites (N-methyl/N-ethyl adjacent to an activating group) is 2. The minimum Gasteiger partial charge on any atom is -0.480 e. The summed E-state index contributed by atoms with van der Waals surface area (Å²) < 4.78 is 0. The molecule has 0 aliphatic heterocycles. The van der Waals surface area contributed by atoms with E-state index in [4.69, 9.17) is 0 Å². The summed E-state index contributed by atoms with van der Waals surface area (Å²) in [5.74, 6) is -0.633. The van der Waals surface area contributed by atoms with Crippen LogP contribution in [-0.4, -0.2) is 84.0 Å². The average Bonchev–Trinajstić information content (AvgIpc) is 2.46. The van der Waals surface area contributed by atoms with Gasteiger partial charge < -0.3 is 10.0 Å². The largest absolute Gasteiger partial charge is 0.480 e. The molecule has 0 saturated carbocycles. The van der Waals surface area contributed by atoms with Gasteiger partial charge in [-0.05, 0) is 61.2 Å². The van der Waals surface area contributed by atoms with E-state index in [0.717, 1.165) is 19.4 Å². The van der Waals surface area contributed by atoms with Gasteiger partial charge in [0.2, 0.25) is 5.91 Å². The minimum absolute atomic E-state index is 0.0663. The zero-order chi connectivity index (χ0) is 20.7. The molecule has 0 aliphatic rings. The number of amides is 1. The molecule has 0 rings (SSSR count). The zero-order valence-corrected chi connectivity index (χ0v) is 18.4. The Morgan fingerprint density at radius 1 is 0.885 bits per heavy atom. The molecule has 0 saturated heterocycles. The van der Waals surface area contributed by atoms with Gasteiger partial charge in [-0.25, -0.2) is 0 Å². The summed E-state index contributed by atoms with van der Waals surface area (Å²) in [5.41, 5.74) is -0.343. The number of carboxylic acids is 1. The molecule has 1 N–H and O–H groups in total. The van der Waals surface area contributed by atoms with Crippen LogP contribution >= 0.6 is 0 Å². The Morgan fingerprint density at radius 3 is 1.81 bits per heavy atom. The van der Waals surface area contributed by atoms with Crippen LogP contribution in [0.1, 0.15) is 60.8 Å². The van der Waals surface area contributed by atoms with Gasteiger partial charge in [0.25, 0.3) is 0 Å². The van der Waals surface area contributed by atoms with E-state index < -0.39 is 17.4 Å². The first-order chi connectivity index (χ1) is 11.7. The van der Waals surface area contributed by atoms with Crippen molar-refractivity contribution in [2.24, 2.45) is 5.41 Å². The summed E-state index contributed by atoms with van der Waals surface area (Å²) in [7, 11) is 5.65. The normalized spacial score (nSPS) is 14.0. The molecule has 0 aromatic heterocycles. The lowest BCUT2D eigenvalue weighted by Crippen LogP contribution is -2.47. The van der Waals surface area contributed by atoms with Gasteiger partial charge in [-0.3, -0.25) is 19.4 Å². The molecular weight excluding hydrogens is 330 g/mol. The summed E-state index contributed by atoms with van der Waals surface area (Å²) in [4.78, 5) is 30.0. The Bertz CT molecular complexity index is 450. The maximum absolute atomic E-state index is 12.8. The third kappa shape index (κ3) is 8.99. The molecule has 0 fully saturated rings. The monoisotopic (exact) mass is 371 g/mol. The number of carbonyl (C=O) groups is 2. The lowest BCUT2D eigenvalue weighted by Gasteiger charge is -2.36. The van der Waals surface area contributed by atoms with Crippen LogP contribution in [0.15, 0.2) is 0 Å². The number of carbonyl (C=O) groups excluding carboxylic acids is 1. The Labute approximate surface area is 160 Å². The van der Waals surface area contributed by atoms with Gasteiger partial charge in [-0.1, -0.05) is 20.8 Å². The summed E-state index contributed by atoms with van der Waals surface area (Å²) in [6, 6.07) is -0.464. The van der Waals surface area contributed by atoms with Gasteiger partial charge in [0, 0.05) is 30.6 Å². The highest BCUT2D eigenvalue weighted by molar-refractivity contribution is 5.81. The molecule has 6 nitrogen and oxygen atoms in total. The molecule has 0 radical (unpaired) electrons. The topological polar surface area (TPSA) is 64.1 Å². The molecule has 0 aromatic rings. The number of aliphatic carboxylic acids is 1. The SMILES string of the molecule is CN(C)[C@@H](CCCCN(CCN(C)C(C)(C)C)C(=O)C(C)(C)C)C(=O)O. The maximum Gasteiger partial charge on any atom is 0.320 e. The van der Waals surface area contributed by atoms with Crippen LogP contribution in [-0.2, 0) is 9.59 Å². The predicted octanol–water partition coefficient (Wildman–Crippen LogP) is 2.78. The van der Waals surface area contributed by atoms with Crippen molar-refractivity contribution in [1.29, 1.82) is 0 Å². The van der Waals surface area contributed by atoms with E-state index in [1.165, 1.54) is 0 Å². The highest BCUT2D eigenvalue weighted by atomic mass is 16.4. The fraction of sp³-hybridized carbons (Fsp3) is 0.900. The van der Waals surface area contributed by atoms with E-state index in [1.54, 1.807) is 19.0 Å². The van der Waals surface area contributed by atoms with Crippen molar-refractivity contribution in [3.8, 4) is 0 Å². The first-order valence-corrected chi connectivity index (χ1v) is 9.57. The number of unbranched alkanes of at least 4 members (excludes halogenated alkanes) is 1. The maximum atomic E-state index is 12.8. The van der Waals surface area contributed by atoms with E-state index in [-0.39, 0.29) is 11.4 Å². The summed E-state index contributed by atoms with van der Waals surface area (Å²) in [6.07, 6.45) is 2.21. The van der Waals surface area contributed by atoms with Crippen molar-refractivity contribution in [1.82, 2.24) is 14.7 Å². The molecule has 0 unspecified atom stereocenters. The highest BCUT2D eigenvalue weighted by Crippen LogP contribution is 2.19. The molecule has 0 heterocycles. The molecule has 1 atom stereocenters. The highest BCUT2D eigenvalue weighted by Gasteiger charge is 2.28. The van der Waals surface area contributed by atoms with Crippen molar-refractivity contribution < 1.29 is 14.7 Å². The second-order valence-corrected chi connectivity index (χ2v) is 9.45. The average molecular weight is 372 g/mol. The quantitative estimate of drug-likeness (QED) is 0.598. The van der Waals surface area contributed by atoms with Gasteiger partial charge in [-0.2, -0.15) is 0 Å². The number of hydrogen-bond acceptors (Lipinski definition) is 4. The van der Waals surface area contributed by atoms with Gasteiger partial charge in [-0.15, -0.1) is 0 Å². The van der Waals surface area contributed by atoms with Crippen LogP contribution in [0.25, 0.3) is 0 Å². The molecular formula is C20H41N3O3. The lowest BCUT2D eigenvalue weighted by atomic mass is 9.94. The third-order valence-electron chi connectivity index (χ3n) is 4.84. The molecule has 0 aromatic carbocycles. The second kappa shape index (κ2) is 10.3. The third-order valence-corrected chi connectivity index (χ3v) is 4.84. The number of rotatable bonds is 10. The number of nitrogens with zero attached hydrogens (tertiary/aromatic N) is 3. The summed E-state index contributed by atoms with van der Waals surface area (Å²) in [5, 5.41) is 9.26. The first kappa shape index (κ1) is 24.9. The van der Waals surface area contributed by atoms with Crippen molar-refractivity contribution in [3.63, 3.8) is 0 Å². The Hall–Kier alpha value is -1.14. The fourth-order valence-corrected chi connectivity index (χ4v) is 2.64. The van der Waals surface area contributed by atoms with Crippen LogP contribution in [0, 0.1) is 5.41 Å². The van der Waals surface area contributed by atoms with E-state index in [9.17, 15) is 14.7 Å². The molecule has 0 spiro atoms. The van der Waals surface area contributed by atoms with Crippen molar-refractivity contribution in [2.75, 3.05) is 40.8 Å². The molecule has 0 bridgehead atoms. The van der Waals surface area contributed by atoms with Crippen molar-refractivity contribution >= 4 is 11.9 Å². The Kier molecular flexibility index (Phi) is 9.81. The minimum atomic E-state index is -0.788. The van der Waals surface area contributed by atoms with Crippen molar-refractivity contribution in [3.05, 3.63) is 0 Å². The molecule has 154 valence electrons. The second-order valence-electron chi connectivity index (χ2n) is 9.45. The molecule has 0 aliphatic carbocycles. The van der Waals surface area contributed by atoms with Crippen molar-refractivity contribution in [2.45, 2.75) is 72.4 Å². The van der Waals surface area contributed by atoms with Crippen LogP contribution < -0.4 is 0 Å². The van der Waals surface area contributed by atoms with Gasteiger partial charge >= 0.3 is 5.97 Å². The fourth-order valence-electron chi connectivity index (χ4n) is 2.64. The van der Waals surface area contributed by atoms with Crippen LogP contribution in [0.2, 0.25) is 0 Å². The first-order valence-electron chi connectivity index (χ1n) is 9.57. The van der Waals surface area contributed by atoms with E-state index >= 15 is 0 Å². The van der Waals surface area contributed by atoms with Gasteiger partial charge in [0.1, 0.15) is 6.04 Å². The smallest absolute Gasteiger partial charge is 0.320 e. The molecule has 1 amide bonds. The predicted molar refractivity (Wildman–Crippen MR) is 107 cm³/mol. The van der Waals surface area contributed by atoms with Crippen LogP contribution in [0.5, 0.6) is 0 Å². The van der Waals surface area contributed by atoms with E-state index in [2.05, 4.69) is 32.7 Å².